The van der Waals surface area contributed by atoms with E-state index in [9.17, 15) is 0 Å². The number of nitrogens with one attached hydrogen (secondary N) is 1. The van der Waals surface area contributed by atoms with Crippen LogP contribution in [0.25, 0.3) is 0 Å². The second kappa shape index (κ2) is 4.11. The van der Waals surface area contributed by atoms with E-state index in [0.717, 1.165) is 18.4 Å². The van der Waals surface area contributed by atoms with Gasteiger partial charge in [0.2, 0.25) is 0 Å². The lowest BCUT2D eigenvalue weighted by Crippen LogP contribution is -2.32. The zero-order chi connectivity index (χ0) is 9.26. The number of hydrogen-bond donors (Lipinski definition) is 1. The SMILES string of the molecule is CNCC1CCC1c1cscc1Br. The van der Waals surface area contributed by atoms with E-state index in [1.807, 2.05) is 7.05 Å². The van der Waals surface area contributed by atoms with Gasteiger partial charge in [-0.05, 0) is 65.1 Å². The Balaban J connectivity index is 2.06. The number of rotatable bonds is 3. The van der Waals surface area contributed by atoms with Crippen molar-refractivity contribution < 1.29 is 0 Å². The molecule has 0 spiro atoms. The second-order valence-corrected chi connectivity index (χ2v) is 5.27. The third-order valence-corrected chi connectivity index (χ3v) is 4.68. The third kappa shape index (κ3) is 1.83. The Morgan fingerprint density at radius 3 is 2.85 bits per heavy atom. The Bertz CT molecular complexity index is 284. The van der Waals surface area contributed by atoms with Crippen molar-refractivity contribution in [3.8, 4) is 0 Å². The van der Waals surface area contributed by atoms with Crippen molar-refractivity contribution in [3.05, 3.63) is 20.8 Å². The molecule has 0 amide bonds. The molecule has 0 aromatic carbocycles. The fraction of sp³-hybridized carbons (Fsp3) is 0.600. The topological polar surface area (TPSA) is 12.0 Å². The normalized spacial score (nSPS) is 27.2. The Morgan fingerprint density at radius 1 is 1.54 bits per heavy atom. The summed E-state index contributed by atoms with van der Waals surface area (Å²) >= 11 is 5.41. The molecule has 72 valence electrons. The van der Waals surface area contributed by atoms with Crippen molar-refractivity contribution >= 4 is 27.3 Å². The monoisotopic (exact) mass is 259 g/mol. The van der Waals surface area contributed by atoms with Gasteiger partial charge >= 0.3 is 0 Å². The van der Waals surface area contributed by atoms with Crippen LogP contribution >= 0.6 is 27.3 Å². The first-order valence-corrected chi connectivity index (χ1v) is 6.42. The number of halogens is 1. The predicted molar refractivity (Wildman–Crippen MR) is 61.4 cm³/mol. The van der Waals surface area contributed by atoms with Crippen molar-refractivity contribution in [3.63, 3.8) is 0 Å². The van der Waals surface area contributed by atoms with Gasteiger partial charge in [-0.3, -0.25) is 0 Å². The molecule has 1 N–H and O–H groups in total. The zero-order valence-corrected chi connectivity index (χ0v) is 10.1. The molecule has 1 fully saturated rings. The van der Waals surface area contributed by atoms with Crippen LogP contribution in [0.15, 0.2) is 15.2 Å². The lowest BCUT2D eigenvalue weighted by Gasteiger charge is -2.36. The van der Waals surface area contributed by atoms with Crippen molar-refractivity contribution in [2.24, 2.45) is 5.92 Å². The Morgan fingerprint density at radius 2 is 2.38 bits per heavy atom. The van der Waals surface area contributed by atoms with Gasteiger partial charge in [0.25, 0.3) is 0 Å². The van der Waals surface area contributed by atoms with Gasteiger partial charge in [-0.1, -0.05) is 0 Å². The van der Waals surface area contributed by atoms with Crippen LogP contribution in [0.5, 0.6) is 0 Å². The van der Waals surface area contributed by atoms with E-state index in [2.05, 4.69) is 32.0 Å². The Labute approximate surface area is 91.7 Å². The quantitative estimate of drug-likeness (QED) is 0.879. The Hall–Kier alpha value is 0.140. The van der Waals surface area contributed by atoms with Crippen LogP contribution in [-0.4, -0.2) is 13.6 Å². The van der Waals surface area contributed by atoms with Crippen LogP contribution in [0.3, 0.4) is 0 Å². The molecule has 1 aliphatic carbocycles. The molecule has 2 atom stereocenters. The number of thiophene rings is 1. The molecule has 1 heterocycles. The van der Waals surface area contributed by atoms with E-state index in [-0.39, 0.29) is 0 Å². The van der Waals surface area contributed by atoms with Crippen LogP contribution in [0, 0.1) is 5.92 Å². The standard InChI is InChI=1S/C10H14BrNS/c1-12-4-7-2-3-8(7)9-5-13-6-10(9)11/h5-8,12H,2-4H2,1H3. The second-order valence-electron chi connectivity index (χ2n) is 3.68. The van der Waals surface area contributed by atoms with Crippen LogP contribution < -0.4 is 5.32 Å². The molecule has 0 bridgehead atoms. The van der Waals surface area contributed by atoms with Gasteiger partial charge in [-0.15, -0.1) is 0 Å². The van der Waals surface area contributed by atoms with Crippen molar-refractivity contribution in [1.82, 2.24) is 5.32 Å². The van der Waals surface area contributed by atoms with E-state index < -0.39 is 0 Å². The van der Waals surface area contributed by atoms with E-state index in [4.69, 9.17) is 0 Å². The van der Waals surface area contributed by atoms with Gasteiger partial charge in [0, 0.05) is 9.85 Å². The highest BCUT2D eigenvalue weighted by Crippen LogP contribution is 2.45. The maximum absolute atomic E-state index is 3.61. The average molecular weight is 260 g/mol. The van der Waals surface area contributed by atoms with Gasteiger partial charge in [-0.2, -0.15) is 11.3 Å². The molecule has 1 aromatic rings. The first-order chi connectivity index (χ1) is 6.33. The summed E-state index contributed by atoms with van der Waals surface area (Å²) in [6, 6.07) is 0. The minimum absolute atomic E-state index is 0.799. The molecule has 2 unspecified atom stereocenters. The van der Waals surface area contributed by atoms with E-state index in [0.29, 0.717) is 0 Å². The summed E-state index contributed by atoms with van der Waals surface area (Å²) in [5.41, 5.74) is 1.52. The molecular weight excluding hydrogens is 246 g/mol. The molecule has 0 radical (unpaired) electrons. The lowest BCUT2D eigenvalue weighted by atomic mass is 9.71. The summed E-state index contributed by atoms with van der Waals surface area (Å²) in [6.45, 7) is 1.16. The van der Waals surface area contributed by atoms with Crippen LogP contribution in [0.4, 0.5) is 0 Å². The van der Waals surface area contributed by atoms with Gasteiger partial charge in [0.05, 0.1) is 0 Å². The fourth-order valence-corrected chi connectivity index (χ4v) is 3.70. The molecule has 1 nitrogen and oxygen atoms in total. The van der Waals surface area contributed by atoms with E-state index >= 15 is 0 Å². The maximum Gasteiger partial charge on any atom is 0.0317 e. The van der Waals surface area contributed by atoms with Crippen LogP contribution in [0.2, 0.25) is 0 Å². The smallest absolute Gasteiger partial charge is 0.0317 e. The summed E-state index contributed by atoms with van der Waals surface area (Å²) in [7, 11) is 2.04. The molecule has 3 heteroatoms. The number of hydrogen-bond acceptors (Lipinski definition) is 2. The Kier molecular flexibility index (Phi) is 3.06. The lowest BCUT2D eigenvalue weighted by molar-refractivity contribution is 0.250. The third-order valence-electron chi connectivity index (χ3n) is 2.93. The molecule has 2 rings (SSSR count). The summed E-state index contributed by atoms with van der Waals surface area (Å²) in [5, 5.41) is 7.74. The van der Waals surface area contributed by atoms with Crippen LogP contribution in [-0.2, 0) is 0 Å². The first kappa shape index (κ1) is 9.69. The fourth-order valence-electron chi connectivity index (χ4n) is 2.04. The van der Waals surface area contributed by atoms with Crippen molar-refractivity contribution in [2.45, 2.75) is 18.8 Å². The van der Waals surface area contributed by atoms with Crippen LogP contribution in [0.1, 0.15) is 24.3 Å². The van der Waals surface area contributed by atoms with E-state index in [1.165, 1.54) is 22.9 Å². The molecule has 1 aliphatic rings. The summed E-state index contributed by atoms with van der Waals surface area (Å²) in [5.74, 6) is 1.66. The first-order valence-electron chi connectivity index (χ1n) is 4.69. The molecule has 13 heavy (non-hydrogen) atoms. The molecular formula is C10H14BrNS. The minimum Gasteiger partial charge on any atom is -0.319 e. The highest BCUT2D eigenvalue weighted by atomic mass is 79.9. The van der Waals surface area contributed by atoms with Gasteiger partial charge in [-0.25, -0.2) is 0 Å². The van der Waals surface area contributed by atoms with Gasteiger partial charge < -0.3 is 5.32 Å². The molecule has 0 saturated heterocycles. The average Bonchev–Trinajstić information content (AvgIpc) is 2.46. The molecule has 1 aromatic heterocycles. The maximum atomic E-state index is 3.61. The summed E-state index contributed by atoms with van der Waals surface area (Å²) in [4.78, 5) is 0. The zero-order valence-electron chi connectivity index (χ0n) is 7.72. The van der Waals surface area contributed by atoms with Gasteiger partial charge in [0.1, 0.15) is 0 Å². The molecule has 1 saturated carbocycles. The summed E-state index contributed by atoms with van der Waals surface area (Å²) < 4.78 is 1.31. The highest BCUT2D eigenvalue weighted by molar-refractivity contribution is 9.10. The highest BCUT2D eigenvalue weighted by Gasteiger charge is 2.32. The van der Waals surface area contributed by atoms with Gasteiger partial charge in [0.15, 0.2) is 0 Å². The van der Waals surface area contributed by atoms with E-state index in [1.54, 1.807) is 11.3 Å². The summed E-state index contributed by atoms with van der Waals surface area (Å²) in [6.07, 6.45) is 2.75. The molecule has 0 aliphatic heterocycles. The van der Waals surface area contributed by atoms with Crippen molar-refractivity contribution in [1.29, 1.82) is 0 Å². The van der Waals surface area contributed by atoms with Crippen molar-refractivity contribution in [2.75, 3.05) is 13.6 Å². The largest absolute Gasteiger partial charge is 0.319 e. The minimum atomic E-state index is 0.799. The predicted octanol–water partition coefficient (Wildman–Crippen LogP) is 3.22.